The van der Waals surface area contributed by atoms with Crippen LogP contribution in [0.3, 0.4) is 0 Å². The average molecular weight is 304 g/mol. The van der Waals surface area contributed by atoms with Gasteiger partial charge in [-0.3, -0.25) is 0 Å². The highest BCUT2D eigenvalue weighted by Gasteiger charge is 2.16. The number of amides is 1. The third-order valence-electron chi connectivity index (χ3n) is 1.86. The van der Waals surface area contributed by atoms with E-state index in [1.54, 1.807) is 0 Å². The fraction of sp³-hybridized carbons (Fsp3) is 0.583. The average Bonchev–Trinajstić information content (AvgIpc) is 2.61. The van der Waals surface area contributed by atoms with Crippen molar-refractivity contribution in [3.8, 4) is 0 Å². The van der Waals surface area contributed by atoms with Gasteiger partial charge in [0.15, 0.2) is 0 Å². The molecule has 1 aromatic heterocycles. The molecule has 0 spiro atoms. The zero-order valence-electron chi connectivity index (χ0n) is 10.4. The van der Waals surface area contributed by atoms with Gasteiger partial charge < -0.3 is 14.5 Å². The van der Waals surface area contributed by atoms with Crippen molar-refractivity contribution in [3.05, 3.63) is 23.7 Å². The van der Waals surface area contributed by atoms with Crippen molar-refractivity contribution in [2.24, 2.45) is 0 Å². The van der Waals surface area contributed by atoms with E-state index in [0.29, 0.717) is 6.54 Å². The maximum Gasteiger partial charge on any atom is 0.408 e. The normalized spacial score (nSPS) is 11.3. The fourth-order valence-corrected chi connectivity index (χ4v) is 1.61. The van der Waals surface area contributed by atoms with Gasteiger partial charge in [-0.2, -0.15) is 0 Å². The molecule has 1 N–H and O–H groups in total. The van der Waals surface area contributed by atoms with Crippen LogP contribution in [0.1, 0.15) is 32.3 Å². The summed E-state index contributed by atoms with van der Waals surface area (Å²) in [5.41, 5.74) is -0.478. The van der Waals surface area contributed by atoms with Crippen molar-refractivity contribution in [3.63, 3.8) is 0 Å². The number of hydrogen-bond donors (Lipinski definition) is 1. The van der Waals surface area contributed by atoms with E-state index in [1.165, 1.54) is 0 Å². The Balaban J connectivity index is 2.37. The number of nitrogens with one attached hydrogen (secondary N) is 1. The molecule has 0 aromatic carbocycles. The Bertz CT molecular complexity index is 368. The van der Waals surface area contributed by atoms with E-state index in [-0.39, 0.29) is 0 Å². The van der Waals surface area contributed by atoms with Crippen LogP contribution in [-0.4, -0.2) is 17.0 Å². The van der Waals surface area contributed by atoms with Gasteiger partial charge in [-0.1, -0.05) is 15.9 Å². The quantitative estimate of drug-likeness (QED) is 0.869. The molecule has 0 radical (unpaired) electrons. The van der Waals surface area contributed by atoms with Crippen molar-refractivity contribution >= 4 is 22.0 Å². The van der Waals surface area contributed by atoms with Crippen LogP contribution in [0.5, 0.6) is 0 Å². The molecule has 1 heterocycles. The second kappa shape index (κ2) is 6.10. The number of furan rings is 1. The molecule has 5 heteroatoms. The van der Waals surface area contributed by atoms with Crippen LogP contribution in [0.2, 0.25) is 0 Å². The fourth-order valence-electron chi connectivity index (χ4n) is 1.22. The summed E-state index contributed by atoms with van der Waals surface area (Å²) in [4.78, 5) is 11.4. The number of halogens is 1. The number of rotatable bonds is 4. The summed E-state index contributed by atoms with van der Waals surface area (Å²) in [6.45, 7) is 5.83. The minimum absolute atomic E-state index is 0.344. The highest BCUT2D eigenvalue weighted by molar-refractivity contribution is 9.09. The summed E-state index contributed by atoms with van der Waals surface area (Å²) in [5.74, 6) is 1.63. The smallest absolute Gasteiger partial charge is 0.408 e. The first-order valence-corrected chi connectivity index (χ1v) is 6.63. The summed E-state index contributed by atoms with van der Waals surface area (Å²) < 4.78 is 10.6. The van der Waals surface area contributed by atoms with Gasteiger partial charge in [-0.15, -0.1) is 0 Å². The van der Waals surface area contributed by atoms with Gasteiger partial charge >= 0.3 is 6.09 Å². The molecule has 0 saturated carbocycles. The Hall–Kier alpha value is -0.970. The van der Waals surface area contributed by atoms with E-state index in [2.05, 4.69) is 21.2 Å². The van der Waals surface area contributed by atoms with Gasteiger partial charge in [0.25, 0.3) is 0 Å². The first kappa shape index (κ1) is 14.1. The maximum absolute atomic E-state index is 11.4. The highest BCUT2D eigenvalue weighted by Crippen LogP contribution is 2.10. The first-order chi connectivity index (χ1) is 7.90. The number of hydrogen-bond acceptors (Lipinski definition) is 3. The molecule has 1 amide bonds. The number of alkyl halides is 1. The van der Waals surface area contributed by atoms with Gasteiger partial charge in [-0.05, 0) is 32.9 Å². The second-order valence-corrected chi connectivity index (χ2v) is 5.46. The van der Waals surface area contributed by atoms with Crippen LogP contribution < -0.4 is 5.32 Å². The minimum Gasteiger partial charge on any atom is -0.464 e. The molecule has 0 fully saturated rings. The topological polar surface area (TPSA) is 51.5 Å². The molecule has 0 atom stereocenters. The SMILES string of the molecule is CC(C)(C)OC(=O)NCc1ccc(CCBr)o1. The number of carbonyl (C=O) groups is 1. The van der Waals surface area contributed by atoms with Gasteiger partial charge in [0.1, 0.15) is 17.1 Å². The number of carbonyl (C=O) groups excluding carboxylic acids is 1. The third-order valence-corrected chi connectivity index (χ3v) is 2.26. The second-order valence-electron chi connectivity index (χ2n) is 4.66. The predicted octanol–water partition coefficient (Wildman–Crippen LogP) is 3.24. The molecular formula is C12H18BrNO3. The number of alkyl carbamates (subject to hydrolysis) is 1. The minimum atomic E-state index is -0.478. The van der Waals surface area contributed by atoms with E-state index in [9.17, 15) is 4.79 Å². The zero-order chi connectivity index (χ0) is 12.9. The van der Waals surface area contributed by atoms with Crippen molar-refractivity contribution < 1.29 is 13.9 Å². The molecular weight excluding hydrogens is 286 g/mol. The van der Waals surface area contributed by atoms with Crippen LogP contribution >= 0.6 is 15.9 Å². The lowest BCUT2D eigenvalue weighted by Crippen LogP contribution is -2.32. The van der Waals surface area contributed by atoms with Gasteiger partial charge in [-0.25, -0.2) is 4.79 Å². The Morgan fingerprint density at radius 1 is 1.41 bits per heavy atom. The van der Waals surface area contributed by atoms with E-state index in [0.717, 1.165) is 23.3 Å². The molecule has 96 valence electrons. The monoisotopic (exact) mass is 303 g/mol. The molecule has 0 aliphatic heterocycles. The zero-order valence-corrected chi connectivity index (χ0v) is 12.0. The van der Waals surface area contributed by atoms with E-state index < -0.39 is 11.7 Å². The number of ether oxygens (including phenoxy) is 1. The standard InChI is InChI=1S/C12H18BrNO3/c1-12(2,3)17-11(15)14-8-10-5-4-9(16-10)6-7-13/h4-5H,6-8H2,1-3H3,(H,14,15). The lowest BCUT2D eigenvalue weighted by atomic mass is 10.2. The largest absolute Gasteiger partial charge is 0.464 e. The molecule has 0 unspecified atom stereocenters. The van der Waals surface area contributed by atoms with Crippen LogP contribution in [0.4, 0.5) is 4.79 Å². The van der Waals surface area contributed by atoms with Gasteiger partial charge in [0.2, 0.25) is 0 Å². The molecule has 0 aliphatic rings. The van der Waals surface area contributed by atoms with Gasteiger partial charge in [0.05, 0.1) is 6.54 Å². The Morgan fingerprint density at radius 2 is 2.06 bits per heavy atom. The molecule has 4 nitrogen and oxygen atoms in total. The molecule has 17 heavy (non-hydrogen) atoms. The van der Waals surface area contributed by atoms with Crippen LogP contribution in [0, 0.1) is 0 Å². The Morgan fingerprint density at radius 3 is 2.65 bits per heavy atom. The first-order valence-electron chi connectivity index (χ1n) is 5.51. The third kappa shape index (κ3) is 5.77. The summed E-state index contributed by atoms with van der Waals surface area (Å²) in [7, 11) is 0. The van der Waals surface area contributed by atoms with Crippen LogP contribution in [0.25, 0.3) is 0 Å². The highest BCUT2D eigenvalue weighted by atomic mass is 79.9. The lowest BCUT2D eigenvalue weighted by molar-refractivity contribution is 0.0519. The van der Waals surface area contributed by atoms with Crippen LogP contribution in [0.15, 0.2) is 16.5 Å². The van der Waals surface area contributed by atoms with Crippen molar-refractivity contribution in [2.45, 2.75) is 39.3 Å². The maximum atomic E-state index is 11.4. The van der Waals surface area contributed by atoms with Crippen molar-refractivity contribution in [2.75, 3.05) is 5.33 Å². The molecule has 0 bridgehead atoms. The van der Waals surface area contributed by atoms with Crippen molar-refractivity contribution in [1.29, 1.82) is 0 Å². The summed E-state index contributed by atoms with van der Waals surface area (Å²) in [6.07, 6.45) is 0.405. The Kier molecular flexibility index (Phi) is 5.05. The molecule has 1 aromatic rings. The van der Waals surface area contributed by atoms with E-state index in [4.69, 9.17) is 9.15 Å². The molecule has 1 rings (SSSR count). The van der Waals surface area contributed by atoms with Gasteiger partial charge in [0, 0.05) is 11.8 Å². The summed E-state index contributed by atoms with van der Waals surface area (Å²) >= 11 is 3.34. The Labute approximate surface area is 110 Å². The van der Waals surface area contributed by atoms with E-state index >= 15 is 0 Å². The summed E-state index contributed by atoms with van der Waals surface area (Å²) in [6, 6.07) is 3.77. The number of aryl methyl sites for hydroxylation is 1. The summed E-state index contributed by atoms with van der Waals surface area (Å²) in [5, 5.41) is 3.50. The molecule has 0 aliphatic carbocycles. The van der Waals surface area contributed by atoms with E-state index in [1.807, 2.05) is 32.9 Å². The predicted molar refractivity (Wildman–Crippen MR) is 69.3 cm³/mol. The van der Waals surface area contributed by atoms with Crippen molar-refractivity contribution in [1.82, 2.24) is 5.32 Å². The lowest BCUT2D eigenvalue weighted by Gasteiger charge is -2.19. The molecule has 0 saturated heterocycles. The van der Waals surface area contributed by atoms with Crippen LogP contribution in [-0.2, 0) is 17.7 Å².